The first-order chi connectivity index (χ1) is 13.4. The number of rotatable bonds is 8. The summed E-state index contributed by atoms with van der Waals surface area (Å²) in [5.41, 5.74) is 1.05. The molecule has 0 aliphatic rings. The van der Waals surface area contributed by atoms with Gasteiger partial charge in [-0.15, -0.1) is 0 Å². The third-order valence-corrected chi connectivity index (χ3v) is 4.19. The summed E-state index contributed by atoms with van der Waals surface area (Å²) in [5, 5.41) is 24.2. The molecule has 0 fully saturated rings. The molecule has 1 atom stereocenters. The van der Waals surface area contributed by atoms with Crippen LogP contribution in [0.3, 0.4) is 0 Å². The zero-order valence-corrected chi connectivity index (χ0v) is 16.4. The van der Waals surface area contributed by atoms with Gasteiger partial charge in [-0.05, 0) is 25.1 Å². The van der Waals surface area contributed by atoms with Crippen LogP contribution in [0.5, 0.6) is 5.75 Å². The van der Waals surface area contributed by atoms with E-state index < -0.39 is 11.2 Å². The molecule has 0 amide bonds. The molecule has 1 heterocycles. The second kappa shape index (κ2) is 8.91. The lowest BCUT2D eigenvalue weighted by Crippen LogP contribution is -2.13. The molecule has 0 aliphatic carbocycles. The van der Waals surface area contributed by atoms with E-state index in [1.165, 1.54) is 25.4 Å². The SMILES string of the molecule is CC(O)OCCOc1cc2ncnc(Nc3cccc(Br)c3)c2cc1[N+](=O)[O-]. The normalized spacial score (nSPS) is 12.0. The summed E-state index contributed by atoms with van der Waals surface area (Å²) in [7, 11) is 0. The van der Waals surface area contributed by atoms with Gasteiger partial charge in [0.15, 0.2) is 12.0 Å². The molecule has 2 aromatic carbocycles. The van der Waals surface area contributed by atoms with Crippen LogP contribution in [0.15, 0.2) is 47.2 Å². The van der Waals surface area contributed by atoms with Crippen LogP contribution in [-0.4, -0.2) is 39.5 Å². The Morgan fingerprint density at radius 3 is 2.82 bits per heavy atom. The lowest BCUT2D eigenvalue weighted by Gasteiger charge is -2.12. The van der Waals surface area contributed by atoms with Gasteiger partial charge in [0.1, 0.15) is 18.8 Å². The van der Waals surface area contributed by atoms with Gasteiger partial charge in [0, 0.05) is 22.3 Å². The van der Waals surface area contributed by atoms with Crippen LogP contribution in [0.1, 0.15) is 6.92 Å². The van der Waals surface area contributed by atoms with Gasteiger partial charge in [-0.3, -0.25) is 10.1 Å². The van der Waals surface area contributed by atoms with Crippen LogP contribution >= 0.6 is 15.9 Å². The Bertz CT molecular complexity index is 999. The first-order valence-corrected chi connectivity index (χ1v) is 9.11. The number of nitro groups is 1. The van der Waals surface area contributed by atoms with E-state index in [0.29, 0.717) is 16.7 Å². The number of ether oxygens (including phenoxy) is 2. The van der Waals surface area contributed by atoms with E-state index in [-0.39, 0.29) is 24.7 Å². The van der Waals surface area contributed by atoms with Crippen molar-refractivity contribution in [2.75, 3.05) is 18.5 Å². The molecular formula is C18H17BrN4O5. The maximum Gasteiger partial charge on any atom is 0.311 e. The second-order valence-corrected chi connectivity index (χ2v) is 6.69. The molecule has 2 N–H and O–H groups in total. The summed E-state index contributed by atoms with van der Waals surface area (Å²) >= 11 is 3.40. The number of hydrogen-bond donors (Lipinski definition) is 2. The van der Waals surface area contributed by atoms with Gasteiger partial charge in [-0.2, -0.15) is 0 Å². The van der Waals surface area contributed by atoms with Gasteiger partial charge in [0.25, 0.3) is 0 Å². The Morgan fingerprint density at radius 2 is 2.11 bits per heavy atom. The molecule has 0 saturated carbocycles. The van der Waals surface area contributed by atoms with Crippen molar-refractivity contribution in [3.8, 4) is 5.75 Å². The largest absolute Gasteiger partial charge is 0.484 e. The van der Waals surface area contributed by atoms with E-state index in [1.807, 2.05) is 24.3 Å². The van der Waals surface area contributed by atoms with E-state index >= 15 is 0 Å². The van der Waals surface area contributed by atoms with Gasteiger partial charge < -0.3 is 19.9 Å². The average molecular weight is 449 g/mol. The molecule has 1 aromatic heterocycles. The van der Waals surface area contributed by atoms with Gasteiger partial charge in [-0.25, -0.2) is 9.97 Å². The Morgan fingerprint density at radius 1 is 1.29 bits per heavy atom. The maximum atomic E-state index is 11.5. The van der Waals surface area contributed by atoms with Gasteiger partial charge in [0.2, 0.25) is 0 Å². The van der Waals surface area contributed by atoms with Crippen molar-refractivity contribution in [2.24, 2.45) is 0 Å². The van der Waals surface area contributed by atoms with Crippen LogP contribution < -0.4 is 10.1 Å². The molecule has 0 aliphatic heterocycles. The zero-order valence-electron chi connectivity index (χ0n) is 14.8. The third-order valence-electron chi connectivity index (χ3n) is 3.70. The first kappa shape index (κ1) is 19.9. The predicted octanol–water partition coefficient (Wildman–Crippen LogP) is 3.78. The standard InChI is InChI=1S/C18H17BrN4O5/c1-11(24)27-5-6-28-17-9-15-14(8-16(17)23(25)26)18(21-10-20-15)22-13-4-2-3-12(19)7-13/h2-4,7-11,24H,5-6H2,1H3,(H,20,21,22). The number of aromatic nitrogens is 2. The van der Waals surface area contributed by atoms with Crippen molar-refractivity contribution in [1.29, 1.82) is 0 Å². The maximum absolute atomic E-state index is 11.5. The molecular weight excluding hydrogens is 432 g/mol. The van der Waals surface area contributed by atoms with Crippen LogP contribution in [0.4, 0.5) is 17.2 Å². The minimum absolute atomic E-state index is 0.0471. The lowest BCUT2D eigenvalue weighted by atomic mass is 10.2. The summed E-state index contributed by atoms with van der Waals surface area (Å²) in [4.78, 5) is 19.4. The first-order valence-electron chi connectivity index (χ1n) is 8.32. The zero-order chi connectivity index (χ0) is 20.1. The number of nitrogens with zero attached hydrogens (tertiary/aromatic N) is 3. The van der Waals surface area contributed by atoms with E-state index in [9.17, 15) is 10.1 Å². The van der Waals surface area contributed by atoms with Crippen molar-refractivity contribution in [1.82, 2.24) is 9.97 Å². The number of anilines is 2. The van der Waals surface area contributed by atoms with Crippen LogP contribution in [0, 0.1) is 10.1 Å². The molecule has 0 saturated heterocycles. The quantitative estimate of drug-likeness (QED) is 0.231. The number of aliphatic hydroxyl groups excluding tert-OH is 1. The average Bonchev–Trinajstić information content (AvgIpc) is 2.64. The van der Waals surface area contributed by atoms with Crippen LogP contribution in [0.2, 0.25) is 0 Å². The fourth-order valence-corrected chi connectivity index (χ4v) is 2.90. The number of fused-ring (bicyclic) bond motifs is 1. The minimum atomic E-state index is -0.936. The van der Waals surface area contributed by atoms with Gasteiger partial charge in [-0.1, -0.05) is 22.0 Å². The number of aliphatic hydroxyl groups is 1. The molecule has 0 spiro atoms. The summed E-state index contributed by atoms with van der Waals surface area (Å²) < 4.78 is 11.3. The topological polar surface area (TPSA) is 120 Å². The Labute approximate surface area is 168 Å². The lowest BCUT2D eigenvalue weighted by molar-refractivity contribution is -0.385. The number of hydrogen-bond acceptors (Lipinski definition) is 8. The Kier molecular flexibility index (Phi) is 6.34. The fourth-order valence-electron chi connectivity index (χ4n) is 2.50. The molecule has 3 aromatic rings. The highest BCUT2D eigenvalue weighted by Crippen LogP contribution is 2.34. The Balaban J connectivity index is 1.93. The molecule has 0 bridgehead atoms. The second-order valence-electron chi connectivity index (χ2n) is 5.77. The summed E-state index contributed by atoms with van der Waals surface area (Å²) in [6.07, 6.45) is 0.434. The fraction of sp³-hybridized carbons (Fsp3) is 0.222. The monoisotopic (exact) mass is 448 g/mol. The number of nitro benzene ring substituents is 1. The highest BCUT2D eigenvalue weighted by Gasteiger charge is 2.19. The van der Waals surface area contributed by atoms with Crippen molar-refractivity contribution >= 4 is 44.0 Å². The van der Waals surface area contributed by atoms with E-state index in [2.05, 4.69) is 31.2 Å². The van der Waals surface area contributed by atoms with Crippen LogP contribution in [-0.2, 0) is 4.74 Å². The van der Waals surface area contributed by atoms with Crippen molar-refractivity contribution < 1.29 is 19.5 Å². The molecule has 146 valence electrons. The molecule has 28 heavy (non-hydrogen) atoms. The molecule has 9 nitrogen and oxygen atoms in total. The van der Waals surface area contributed by atoms with E-state index in [4.69, 9.17) is 14.6 Å². The van der Waals surface area contributed by atoms with Crippen molar-refractivity contribution in [3.63, 3.8) is 0 Å². The molecule has 1 unspecified atom stereocenters. The molecule has 10 heteroatoms. The third kappa shape index (κ3) is 4.91. The highest BCUT2D eigenvalue weighted by atomic mass is 79.9. The number of halogens is 1. The minimum Gasteiger partial charge on any atom is -0.484 e. The smallest absolute Gasteiger partial charge is 0.311 e. The summed E-state index contributed by atoms with van der Waals surface area (Å²) in [6.45, 7) is 1.60. The number of nitrogens with one attached hydrogen (secondary N) is 1. The Hall–Kier alpha value is -2.82. The predicted molar refractivity (Wildman–Crippen MR) is 107 cm³/mol. The van der Waals surface area contributed by atoms with Crippen molar-refractivity contribution in [2.45, 2.75) is 13.2 Å². The summed E-state index contributed by atoms with van der Waals surface area (Å²) in [6, 6.07) is 10.3. The number of benzene rings is 2. The summed E-state index contributed by atoms with van der Waals surface area (Å²) in [5.74, 6) is 0.508. The van der Waals surface area contributed by atoms with Gasteiger partial charge in [0.05, 0.1) is 22.4 Å². The van der Waals surface area contributed by atoms with E-state index in [0.717, 1.165) is 10.2 Å². The van der Waals surface area contributed by atoms with Gasteiger partial charge >= 0.3 is 5.69 Å². The van der Waals surface area contributed by atoms with E-state index in [1.54, 1.807) is 0 Å². The van der Waals surface area contributed by atoms with Crippen LogP contribution in [0.25, 0.3) is 10.9 Å². The molecule has 3 rings (SSSR count). The highest BCUT2D eigenvalue weighted by molar-refractivity contribution is 9.10. The van der Waals surface area contributed by atoms with Crippen molar-refractivity contribution in [3.05, 3.63) is 57.3 Å². The molecule has 0 radical (unpaired) electrons.